The molecule has 12 heteroatoms. The molecule has 0 aliphatic rings. The van der Waals surface area contributed by atoms with Crippen molar-refractivity contribution in [2.24, 2.45) is 0 Å². The number of nitrogens with one attached hydrogen (secondary N) is 3. The molecule has 0 saturated heterocycles. The van der Waals surface area contributed by atoms with Gasteiger partial charge in [0, 0.05) is 18.4 Å². The van der Waals surface area contributed by atoms with E-state index >= 15 is 0 Å². The van der Waals surface area contributed by atoms with Gasteiger partial charge in [-0.3, -0.25) is 0 Å². The summed E-state index contributed by atoms with van der Waals surface area (Å²) in [5.74, 6) is 0.543. The lowest BCUT2D eigenvalue weighted by atomic mass is 10.1. The van der Waals surface area contributed by atoms with E-state index < -0.39 is 17.8 Å². The number of amides is 2. The maximum absolute atomic E-state index is 13.1. The molecular formula is C22H20F3N7O2. The zero-order valence-corrected chi connectivity index (χ0v) is 18.4. The second kappa shape index (κ2) is 8.89. The largest absolute Gasteiger partial charge is 0.468 e. The lowest BCUT2D eigenvalue weighted by molar-refractivity contribution is -0.138. The van der Waals surface area contributed by atoms with Crippen LogP contribution in [0.1, 0.15) is 11.1 Å². The number of benzene rings is 2. The molecule has 0 radical (unpaired) electrons. The van der Waals surface area contributed by atoms with Crippen LogP contribution < -0.4 is 20.7 Å². The molecule has 176 valence electrons. The number of halogens is 3. The molecule has 9 nitrogen and oxygen atoms in total. The second-order valence-electron chi connectivity index (χ2n) is 7.23. The molecule has 4 aromatic rings. The third-order valence-electron chi connectivity index (χ3n) is 5.02. The van der Waals surface area contributed by atoms with Crippen LogP contribution in [0.2, 0.25) is 0 Å². The topological polar surface area (TPSA) is 106 Å². The van der Waals surface area contributed by atoms with E-state index in [0.717, 1.165) is 6.07 Å². The number of carbonyl (C=O) groups is 1. The van der Waals surface area contributed by atoms with E-state index in [4.69, 9.17) is 4.74 Å². The number of hydrogen-bond acceptors (Lipinski definition) is 6. The minimum absolute atomic E-state index is 0.0293. The number of aryl methyl sites for hydroxylation is 1. The number of nitrogens with zero attached hydrogens (tertiary/aromatic N) is 4. The molecule has 0 bridgehead atoms. The van der Waals surface area contributed by atoms with Crippen LogP contribution in [0.15, 0.2) is 48.8 Å². The first-order valence-electron chi connectivity index (χ1n) is 10.0. The molecule has 0 atom stereocenters. The Kier molecular flexibility index (Phi) is 5.97. The van der Waals surface area contributed by atoms with E-state index in [1.54, 1.807) is 35.9 Å². The molecule has 2 amide bonds. The van der Waals surface area contributed by atoms with Gasteiger partial charge >= 0.3 is 18.2 Å². The summed E-state index contributed by atoms with van der Waals surface area (Å²) in [7, 11) is 3.21. The van der Waals surface area contributed by atoms with E-state index in [-0.39, 0.29) is 11.3 Å². The van der Waals surface area contributed by atoms with Gasteiger partial charge in [-0.15, -0.1) is 0 Å². The number of fused-ring (bicyclic) bond motifs is 1. The van der Waals surface area contributed by atoms with E-state index in [0.29, 0.717) is 34.4 Å². The number of anilines is 3. The quantitative estimate of drug-likeness (QED) is 0.385. The van der Waals surface area contributed by atoms with Gasteiger partial charge in [-0.2, -0.15) is 18.2 Å². The maximum atomic E-state index is 13.1. The first-order chi connectivity index (χ1) is 16.2. The predicted molar refractivity (Wildman–Crippen MR) is 122 cm³/mol. The normalized spacial score (nSPS) is 11.4. The zero-order chi connectivity index (χ0) is 24.5. The number of urea groups is 1. The van der Waals surface area contributed by atoms with Crippen LogP contribution in [0.25, 0.3) is 16.9 Å². The third-order valence-corrected chi connectivity index (χ3v) is 5.02. The van der Waals surface area contributed by atoms with Crippen molar-refractivity contribution < 1.29 is 22.7 Å². The van der Waals surface area contributed by atoms with Crippen LogP contribution >= 0.6 is 0 Å². The molecule has 3 N–H and O–H groups in total. The molecule has 2 aromatic carbocycles. The van der Waals surface area contributed by atoms with Gasteiger partial charge in [-0.05, 0) is 48.9 Å². The Bertz CT molecular complexity index is 1350. The SMILES string of the molecule is CNc1ncnc2c1nc(OC)n2-c1ccc(NC(=O)Nc2ccc(C)c(C(F)(F)F)c2)cc1. The minimum Gasteiger partial charge on any atom is -0.468 e. The molecule has 0 fully saturated rings. The molecule has 2 aromatic heterocycles. The van der Waals surface area contributed by atoms with E-state index in [2.05, 4.69) is 30.9 Å². The highest BCUT2D eigenvalue weighted by atomic mass is 19.4. The average molecular weight is 471 g/mol. The molecular weight excluding hydrogens is 451 g/mol. The lowest BCUT2D eigenvalue weighted by Gasteiger charge is -2.13. The van der Waals surface area contributed by atoms with Crippen LogP contribution in [0.4, 0.5) is 35.2 Å². The summed E-state index contributed by atoms with van der Waals surface area (Å²) in [4.78, 5) is 25.2. The van der Waals surface area contributed by atoms with E-state index in [1.165, 1.54) is 32.5 Å². The predicted octanol–water partition coefficient (Wildman–Crippen LogP) is 4.84. The summed E-state index contributed by atoms with van der Waals surface area (Å²) in [5.41, 5.74) is 1.44. The Morgan fingerprint density at radius 3 is 2.35 bits per heavy atom. The Morgan fingerprint density at radius 1 is 1.03 bits per heavy atom. The molecule has 2 heterocycles. The standard InChI is InChI=1S/C22H20F3N7O2/c1-12-4-5-14(10-16(12)22(23,24)25)30-20(33)29-13-6-8-15(9-7-13)32-19-17(31-21(32)34-3)18(26-2)27-11-28-19/h4-11H,1-3H3,(H,26,27,28)(H2,29,30,33). The van der Waals surface area contributed by atoms with Crippen molar-refractivity contribution in [1.29, 1.82) is 0 Å². The molecule has 0 aliphatic carbocycles. The number of rotatable bonds is 5. The summed E-state index contributed by atoms with van der Waals surface area (Å²) in [6, 6.07) is 9.93. The highest BCUT2D eigenvalue weighted by molar-refractivity contribution is 5.99. The van der Waals surface area contributed by atoms with Crippen molar-refractivity contribution in [3.05, 3.63) is 59.9 Å². The number of hydrogen-bond donors (Lipinski definition) is 3. The summed E-state index contributed by atoms with van der Waals surface area (Å²) in [6.07, 6.45) is -3.10. The molecule has 0 aliphatic heterocycles. The van der Waals surface area contributed by atoms with Crippen LogP contribution in [0, 0.1) is 6.92 Å². The Morgan fingerprint density at radius 2 is 1.71 bits per heavy atom. The number of alkyl halides is 3. The second-order valence-corrected chi connectivity index (χ2v) is 7.23. The number of imidazole rings is 1. The number of ether oxygens (including phenoxy) is 1. The Labute approximate surface area is 192 Å². The van der Waals surface area contributed by atoms with Gasteiger partial charge in [-0.25, -0.2) is 19.3 Å². The maximum Gasteiger partial charge on any atom is 0.416 e. The van der Waals surface area contributed by atoms with Gasteiger partial charge < -0.3 is 20.7 Å². The van der Waals surface area contributed by atoms with Crippen molar-refractivity contribution >= 4 is 34.4 Å². The first kappa shape index (κ1) is 22.8. The highest BCUT2D eigenvalue weighted by Gasteiger charge is 2.32. The van der Waals surface area contributed by atoms with Crippen molar-refractivity contribution in [1.82, 2.24) is 19.5 Å². The third kappa shape index (κ3) is 4.42. The summed E-state index contributed by atoms with van der Waals surface area (Å²) >= 11 is 0. The van der Waals surface area contributed by atoms with Crippen LogP contribution in [-0.4, -0.2) is 39.7 Å². The molecule has 34 heavy (non-hydrogen) atoms. The van der Waals surface area contributed by atoms with Crippen molar-refractivity contribution in [2.45, 2.75) is 13.1 Å². The van der Waals surface area contributed by atoms with Gasteiger partial charge in [0.25, 0.3) is 0 Å². The number of carbonyl (C=O) groups excluding carboxylic acids is 1. The van der Waals surface area contributed by atoms with Crippen LogP contribution in [-0.2, 0) is 6.18 Å². The Balaban J connectivity index is 1.54. The van der Waals surface area contributed by atoms with Crippen molar-refractivity contribution in [2.75, 3.05) is 30.1 Å². The van der Waals surface area contributed by atoms with Crippen LogP contribution in [0.3, 0.4) is 0 Å². The monoisotopic (exact) mass is 471 g/mol. The van der Waals surface area contributed by atoms with Gasteiger partial charge in [-0.1, -0.05) is 6.07 Å². The summed E-state index contributed by atoms with van der Waals surface area (Å²) < 4.78 is 46.4. The van der Waals surface area contributed by atoms with Crippen molar-refractivity contribution in [3.63, 3.8) is 0 Å². The van der Waals surface area contributed by atoms with Gasteiger partial charge in [0.1, 0.15) is 6.33 Å². The molecule has 4 rings (SSSR count). The van der Waals surface area contributed by atoms with Crippen molar-refractivity contribution in [3.8, 4) is 11.7 Å². The van der Waals surface area contributed by atoms with Gasteiger partial charge in [0.15, 0.2) is 17.0 Å². The van der Waals surface area contributed by atoms with Gasteiger partial charge in [0.05, 0.1) is 18.4 Å². The fraction of sp³-hybridized carbons (Fsp3) is 0.182. The number of aromatic nitrogens is 4. The molecule has 0 unspecified atom stereocenters. The van der Waals surface area contributed by atoms with E-state index in [1.807, 2.05) is 0 Å². The van der Waals surface area contributed by atoms with Crippen LogP contribution in [0.5, 0.6) is 6.01 Å². The molecule has 0 saturated carbocycles. The first-order valence-corrected chi connectivity index (χ1v) is 10.0. The highest BCUT2D eigenvalue weighted by Crippen LogP contribution is 2.33. The number of methoxy groups -OCH3 is 1. The average Bonchev–Trinajstić information content (AvgIpc) is 3.19. The lowest BCUT2D eigenvalue weighted by Crippen LogP contribution is -2.20. The minimum atomic E-state index is -4.51. The fourth-order valence-electron chi connectivity index (χ4n) is 3.42. The fourth-order valence-corrected chi connectivity index (χ4v) is 3.42. The molecule has 0 spiro atoms. The zero-order valence-electron chi connectivity index (χ0n) is 18.4. The summed E-state index contributed by atoms with van der Waals surface area (Å²) in [6.45, 7) is 1.36. The van der Waals surface area contributed by atoms with Gasteiger partial charge in [0.2, 0.25) is 0 Å². The summed E-state index contributed by atoms with van der Waals surface area (Å²) in [5, 5.41) is 7.97. The smallest absolute Gasteiger partial charge is 0.416 e. The Hall–Kier alpha value is -4.35. The van der Waals surface area contributed by atoms with E-state index in [9.17, 15) is 18.0 Å².